The van der Waals surface area contributed by atoms with Crippen molar-refractivity contribution < 1.29 is 22.7 Å². The third-order valence-electron chi connectivity index (χ3n) is 5.28. The second-order valence-electron chi connectivity index (χ2n) is 8.50. The lowest BCUT2D eigenvalue weighted by Crippen LogP contribution is -2.51. The van der Waals surface area contributed by atoms with Gasteiger partial charge in [-0.05, 0) is 49.2 Å². The number of rotatable bonds is 11. The van der Waals surface area contributed by atoms with Crippen molar-refractivity contribution in [3.05, 3.63) is 58.1 Å². The van der Waals surface area contributed by atoms with Crippen LogP contribution in [0.15, 0.2) is 42.5 Å². The van der Waals surface area contributed by atoms with Crippen molar-refractivity contribution in [2.75, 3.05) is 30.8 Å². The van der Waals surface area contributed by atoms with Gasteiger partial charge in [-0.1, -0.05) is 43.1 Å². The molecule has 0 saturated carbocycles. The van der Waals surface area contributed by atoms with Crippen molar-refractivity contribution >= 4 is 50.7 Å². The lowest BCUT2D eigenvalue weighted by molar-refractivity contribution is -0.139. The van der Waals surface area contributed by atoms with E-state index in [-0.39, 0.29) is 24.1 Å². The van der Waals surface area contributed by atoms with Gasteiger partial charge in [-0.15, -0.1) is 0 Å². The molecule has 35 heavy (non-hydrogen) atoms. The Morgan fingerprint density at radius 3 is 2.09 bits per heavy atom. The van der Waals surface area contributed by atoms with E-state index in [1.807, 2.05) is 13.8 Å². The normalized spacial score (nSPS) is 12.2. The van der Waals surface area contributed by atoms with Gasteiger partial charge in [0.15, 0.2) is 0 Å². The summed E-state index contributed by atoms with van der Waals surface area (Å²) in [6, 6.07) is 10.3. The van der Waals surface area contributed by atoms with Gasteiger partial charge in [0.05, 0.1) is 19.1 Å². The highest BCUT2D eigenvalue weighted by atomic mass is 35.5. The topological polar surface area (TPSA) is 96.0 Å². The summed E-state index contributed by atoms with van der Waals surface area (Å²) in [7, 11) is -2.33. The van der Waals surface area contributed by atoms with Crippen LogP contribution in [0.4, 0.5) is 5.69 Å². The first kappa shape index (κ1) is 28.7. The summed E-state index contributed by atoms with van der Waals surface area (Å²) in [6.45, 7) is 5.32. The highest BCUT2D eigenvalue weighted by molar-refractivity contribution is 7.92. The maximum absolute atomic E-state index is 13.5. The Morgan fingerprint density at radius 2 is 1.60 bits per heavy atom. The molecule has 2 aromatic carbocycles. The molecule has 0 aliphatic rings. The average Bonchev–Trinajstić information content (AvgIpc) is 2.79. The highest BCUT2D eigenvalue weighted by Crippen LogP contribution is 2.27. The predicted molar refractivity (Wildman–Crippen MR) is 140 cm³/mol. The molecule has 0 aromatic heterocycles. The Morgan fingerprint density at radius 1 is 1.03 bits per heavy atom. The van der Waals surface area contributed by atoms with E-state index >= 15 is 0 Å². The number of methoxy groups -OCH3 is 1. The van der Waals surface area contributed by atoms with Crippen LogP contribution in [-0.4, -0.2) is 57.6 Å². The quantitative estimate of drug-likeness (QED) is 0.462. The predicted octanol–water partition coefficient (Wildman–Crippen LogP) is 3.96. The molecular weight excluding hydrogens is 513 g/mol. The monoisotopic (exact) mass is 543 g/mol. The summed E-state index contributed by atoms with van der Waals surface area (Å²) in [6.07, 6.45) is 1.01. The molecule has 2 amide bonds. The van der Waals surface area contributed by atoms with Crippen LogP contribution in [0.1, 0.15) is 26.3 Å². The number of carbonyl (C=O) groups excluding carboxylic acids is 2. The third-order valence-corrected chi connectivity index (χ3v) is 7.13. The van der Waals surface area contributed by atoms with Crippen LogP contribution in [0.2, 0.25) is 10.0 Å². The van der Waals surface area contributed by atoms with E-state index in [1.54, 1.807) is 49.4 Å². The number of carbonyl (C=O) groups is 2. The van der Waals surface area contributed by atoms with Gasteiger partial charge < -0.3 is 15.0 Å². The summed E-state index contributed by atoms with van der Waals surface area (Å²) in [5, 5.41) is 3.48. The van der Waals surface area contributed by atoms with Crippen molar-refractivity contribution in [2.24, 2.45) is 5.92 Å². The molecule has 8 nitrogen and oxygen atoms in total. The van der Waals surface area contributed by atoms with Gasteiger partial charge in [0, 0.05) is 28.7 Å². The lowest BCUT2D eigenvalue weighted by atomic mass is 10.1. The average molecular weight is 545 g/mol. The van der Waals surface area contributed by atoms with Gasteiger partial charge in [0.1, 0.15) is 18.3 Å². The maximum Gasteiger partial charge on any atom is 0.244 e. The van der Waals surface area contributed by atoms with E-state index in [9.17, 15) is 18.0 Å². The number of benzene rings is 2. The maximum atomic E-state index is 13.5. The largest absolute Gasteiger partial charge is 0.497 e. The van der Waals surface area contributed by atoms with E-state index in [1.165, 1.54) is 12.0 Å². The van der Waals surface area contributed by atoms with Crippen LogP contribution in [0.5, 0.6) is 5.75 Å². The zero-order valence-corrected chi connectivity index (χ0v) is 22.7. The Kier molecular flexibility index (Phi) is 10.2. The fourth-order valence-electron chi connectivity index (χ4n) is 3.25. The standard InChI is InChI=1S/C24H31Cl2N3O5S/c1-16(2)13-27-24(31)17(3)28(14-20-21(25)7-6-8-22(20)26)23(30)15-29(35(5,32)33)18-9-11-19(34-4)12-10-18/h6-12,16-17H,13-15H2,1-5H3,(H,27,31)/t17-/m0/s1. The summed E-state index contributed by atoms with van der Waals surface area (Å²) < 4.78 is 31.3. The molecule has 0 heterocycles. The van der Waals surface area contributed by atoms with E-state index in [2.05, 4.69) is 5.32 Å². The van der Waals surface area contributed by atoms with Crippen LogP contribution in [0.25, 0.3) is 0 Å². The lowest BCUT2D eigenvalue weighted by Gasteiger charge is -2.32. The molecule has 0 saturated heterocycles. The first-order chi connectivity index (χ1) is 16.3. The number of halogens is 2. The molecule has 0 aliphatic heterocycles. The van der Waals surface area contributed by atoms with Crippen molar-refractivity contribution in [3.63, 3.8) is 0 Å². The molecule has 2 aromatic rings. The Hall–Kier alpha value is -2.49. The van der Waals surface area contributed by atoms with E-state index in [4.69, 9.17) is 27.9 Å². The Bertz CT molecular complexity index is 1120. The van der Waals surface area contributed by atoms with Gasteiger partial charge in [-0.3, -0.25) is 13.9 Å². The number of hydrogen-bond donors (Lipinski definition) is 1. The highest BCUT2D eigenvalue weighted by Gasteiger charge is 2.31. The number of anilines is 1. The van der Waals surface area contributed by atoms with Crippen LogP contribution in [0.3, 0.4) is 0 Å². The summed E-state index contributed by atoms with van der Waals surface area (Å²) in [5.41, 5.74) is 0.748. The summed E-state index contributed by atoms with van der Waals surface area (Å²) in [4.78, 5) is 27.7. The second-order valence-corrected chi connectivity index (χ2v) is 11.2. The van der Waals surface area contributed by atoms with Gasteiger partial charge in [-0.2, -0.15) is 0 Å². The fourth-order valence-corrected chi connectivity index (χ4v) is 4.62. The number of amides is 2. The van der Waals surface area contributed by atoms with Gasteiger partial charge in [0.25, 0.3) is 0 Å². The number of nitrogens with one attached hydrogen (secondary N) is 1. The van der Waals surface area contributed by atoms with Gasteiger partial charge in [-0.25, -0.2) is 8.42 Å². The van der Waals surface area contributed by atoms with Crippen LogP contribution < -0.4 is 14.4 Å². The minimum Gasteiger partial charge on any atom is -0.497 e. The third kappa shape index (κ3) is 8.02. The fraction of sp³-hybridized carbons (Fsp3) is 0.417. The number of hydrogen-bond acceptors (Lipinski definition) is 5. The molecular formula is C24H31Cl2N3O5S. The first-order valence-electron chi connectivity index (χ1n) is 11.0. The second kappa shape index (κ2) is 12.5. The zero-order chi connectivity index (χ0) is 26.3. The van der Waals surface area contributed by atoms with Crippen molar-refractivity contribution in [1.82, 2.24) is 10.2 Å². The molecule has 11 heteroatoms. The molecule has 0 unspecified atom stereocenters. The van der Waals surface area contributed by atoms with Crippen molar-refractivity contribution in [2.45, 2.75) is 33.4 Å². The molecule has 0 fully saturated rings. The number of sulfonamides is 1. The molecule has 2 rings (SSSR count). The Balaban J connectivity index is 2.42. The molecule has 1 atom stereocenters. The number of ether oxygens (including phenoxy) is 1. The van der Waals surface area contributed by atoms with Crippen molar-refractivity contribution in [3.8, 4) is 5.75 Å². The van der Waals surface area contributed by atoms with Gasteiger partial charge in [0.2, 0.25) is 21.8 Å². The van der Waals surface area contributed by atoms with Crippen LogP contribution >= 0.6 is 23.2 Å². The molecule has 1 N–H and O–H groups in total. The van der Waals surface area contributed by atoms with E-state index in [0.717, 1.165) is 10.6 Å². The smallest absolute Gasteiger partial charge is 0.244 e. The molecule has 0 spiro atoms. The van der Waals surface area contributed by atoms with Crippen LogP contribution in [-0.2, 0) is 26.2 Å². The Labute approximate surface area is 217 Å². The minimum atomic E-state index is -3.83. The molecule has 0 bridgehead atoms. The number of nitrogens with zero attached hydrogens (tertiary/aromatic N) is 2. The first-order valence-corrected chi connectivity index (χ1v) is 13.6. The summed E-state index contributed by atoms with van der Waals surface area (Å²) >= 11 is 12.7. The molecule has 192 valence electrons. The van der Waals surface area contributed by atoms with Crippen molar-refractivity contribution in [1.29, 1.82) is 0 Å². The summed E-state index contributed by atoms with van der Waals surface area (Å²) in [5.74, 6) is -0.205. The molecule has 0 radical (unpaired) electrons. The van der Waals surface area contributed by atoms with Crippen LogP contribution in [0, 0.1) is 5.92 Å². The minimum absolute atomic E-state index is 0.0756. The van der Waals surface area contributed by atoms with E-state index < -0.39 is 28.5 Å². The molecule has 0 aliphatic carbocycles. The zero-order valence-electron chi connectivity index (χ0n) is 20.4. The van der Waals surface area contributed by atoms with Gasteiger partial charge >= 0.3 is 0 Å². The SMILES string of the molecule is COc1ccc(N(CC(=O)N(Cc2c(Cl)cccc2Cl)[C@@H](C)C(=O)NCC(C)C)S(C)(=O)=O)cc1. The van der Waals surface area contributed by atoms with E-state index in [0.29, 0.717) is 27.9 Å².